The summed E-state index contributed by atoms with van der Waals surface area (Å²) >= 11 is 5.60. The smallest absolute Gasteiger partial charge is 0.221 e. The Morgan fingerprint density at radius 2 is 1.82 bits per heavy atom. The lowest BCUT2D eigenvalue weighted by atomic mass is 9.43. The van der Waals surface area contributed by atoms with Gasteiger partial charge in [0.2, 0.25) is 5.24 Å². The Morgan fingerprint density at radius 3 is 2.54 bits per heavy atom. The van der Waals surface area contributed by atoms with Crippen molar-refractivity contribution in [3.8, 4) is 0 Å². The summed E-state index contributed by atoms with van der Waals surface area (Å²) in [7, 11) is 0. The van der Waals surface area contributed by atoms with Gasteiger partial charge < -0.3 is 10.2 Å². The predicted molar refractivity (Wildman–Crippen MR) is 112 cm³/mol. The fourth-order valence-electron chi connectivity index (χ4n) is 8.70. The number of rotatable bonds is 4. The first-order valence-corrected chi connectivity index (χ1v) is 12.1. The Hall–Kier alpha value is -0.120. The van der Waals surface area contributed by atoms with E-state index in [9.17, 15) is 15.0 Å². The van der Waals surface area contributed by atoms with Gasteiger partial charge in [-0.1, -0.05) is 20.8 Å². The molecule has 4 aliphatic rings. The molecule has 0 aliphatic heterocycles. The van der Waals surface area contributed by atoms with Crippen molar-refractivity contribution in [1.29, 1.82) is 0 Å². The van der Waals surface area contributed by atoms with Gasteiger partial charge in [-0.2, -0.15) is 0 Å². The summed E-state index contributed by atoms with van der Waals surface area (Å²) in [5, 5.41) is 21.5. The van der Waals surface area contributed by atoms with E-state index in [-0.39, 0.29) is 22.9 Å². The molecule has 0 aromatic heterocycles. The van der Waals surface area contributed by atoms with Crippen molar-refractivity contribution in [3.05, 3.63) is 0 Å². The number of carbonyl (C=O) groups is 1. The topological polar surface area (TPSA) is 57.5 Å². The van der Waals surface area contributed by atoms with E-state index in [1.807, 2.05) is 0 Å². The van der Waals surface area contributed by atoms with Crippen molar-refractivity contribution < 1.29 is 15.0 Å². The van der Waals surface area contributed by atoms with Crippen molar-refractivity contribution in [2.75, 3.05) is 0 Å². The minimum absolute atomic E-state index is 0.0205. The molecule has 4 aliphatic carbocycles. The molecule has 0 spiro atoms. The van der Waals surface area contributed by atoms with E-state index in [1.54, 1.807) is 0 Å². The molecule has 4 rings (SSSR count). The molecule has 4 saturated carbocycles. The molecule has 10 atom stereocenters. The van der Waals surface area contributed by atoms with Crippen LogP contribution in [0.25, 0.3) is 0 Å². The molecule has 28 heavy (non-hydrogen) atoms. The van der Waals surface area contributed by atoms with Gasteiger partial charge in [-0.05, 0) is 116 Å². The monoisotopic (exact) mass is 410 g/mol. The lowest BCUT2D eigenvalue weighted by molar-refractivity contribution is -0.174. The summed E-state index contributed by atoms with van der Waals surface area (Å²) in [5.74, 6) is 3.47. The average molecular weight is 411 g/mol. The first kappa shape index (κ1) is 21.1. The molecular weight excluding hydrogens is 372 g/mol. The maximum Gasteiger partial charge on any atom is 0.221 e. The first-order valence-electron chi connectivity index (χ1n) is 11.7. The summed E-state index contributed by atoms with van der Waals surface area (Å²) in [6, 6.07) is 0. The Bertz CT molecular complexity index is 609. The lowest BCUT2D eigenvalue weighted by Crippen LogP contribution is -2.58. The van der Waals surface area contributed by atoms with Crippen molar-refractivity contribution in [1.82, 2.24) is 0 Å². The van der Waals surface area contributed by atoms with Crippen molar-refractivity contribution >= 4 is 16.8 Å². The van der Waals surface area contributed by atoms with E-state index < -0.39 is 0 Å². The van der Waals surface area contributed by atoms with Crippen LogP contribution in [0.3, 0.4) is 0 Å². The van der Waals surface area contributed by atoms with Gasteiger partial charge in [-0.3, -0.25) is 4.79 Å². The van der Waals surface area contributed by atoms with Gasteiger partial charge in [-0.25, -0.2) is 0 Å². The van der Waals surface area contributed by atoms with Crippen LogP contribution in [0.1, 0.15) is 85.0 Å². The SMILES string of the molecule is C[C@H](CCC(=O)Cl)[C@H]1CC[C@H]2[C@@H]3CC[C@@H]4C[C@H](O)CC[C@]4(C)[C@H]3C[C@H](O)[C@]12C. The van der Waals surface area contributed by atoms with Gasteiger partial charge in [0.05, 0.1) is 12.2 Å². The molecule has 0 aromatic rings. The van der Waals surface area contributed by atoms with Crippen LogP contribution in [0.5, 0.6) is 0 Å². The number of carbonyl (C=O) groups excluding carboxylic acids is 1. The third-order valence-corrected chi connectivity index (χ3v) is 10.5. The predicted octanol–water partition coefficient (Wildman–Crippen LogP) is 5.16. The molecule has 160 valence electrons. The zero-order valence-corrected chi connectivity index (χ0v) is 18.6. The van der Waals surface area contributed by atoms with E-state index in [0.29, 0.717) is 41.4 Å². The minimum Gasteiger partial charge on any atom is -0.393 e. The zero-order valence-electron chi connectivity index (χ0n) is 17.9. The molecule has 0 saturated heterocycles. The summed E-state index contributed by atoms with van der Waals surface area (Å²) in [6.45, 7) is 7.09. The standard InChI is InChI=1S/C24H39ClO3/c1-14(4-9-22(25)28)18-7-8-19-17-6-5-15-12-16(26)10-11-23(15,2)20(17)13-21(27)24(18,19)3/h14-21,26-27H,4-13H2,1-3H3/t14-,15-,16-,17+,18-,19+,20+,21+,23+,24-/m1/s1. The van der Waals surface area contributed by atoms with Gasteiger partial charge in [-0.15, -0.1) is 0 Å². The van der Waals surface area contributed by atoms with Gasteiger partial charge in [0.15, 0.2) is 0 Å². The van der Waals surface area contributed by atoms with Crippen LogP contribution in [0.2, 0.25) is 0 Å². The summed E-state index contributed by atoms with van der Waals surface area (Å²) in [6.07, 6.45) is 9.79. The highest BCUT2D eigenvalue weighted by molar-refractivity contribution is 6.63. The van der Waals surface area contributed by atoms with Crippen molar-refractivity contribution in [2.24, 2.45) is 46.3 Å². The third-order valence-electron chi connectivity index (χ3n) is 10.3. The molecule has 0 radical (unpaired) electrons. The van der Waals surface area contributed by atoms with Crippen LogP contribution in [0.15, 0.2) is 0 Å². The fourth-order valence-corrected chi connectivity index (χ4v) is 8.81. The molecular formula is C24H39ClO3. The normalized spacial score (nSPS) is 51.7. The number of aliphatic hydroxyl groups excluding tert-OH is 2. The molecule has 0 bridgehead atoms. The highest BCUT2D eigenvalue weighted by atomic mass is 35.5. The van der Waals surface area contributed by atoms with Crippen molar-refractivity contribution in [2.45, 2.75) is 97.2 Å². The molecule has 3 nitrogen and oxygen atoms in total. The number of aliphatic hydroxyl groups is 2. The molecule has 0 unspecified atom stereocenters. The van der Waals surface area contributed by atoms with E-state index in [4.69, 9.17) is 11.6 Å². The second-order valence-corrected chi connectivity index (χ2v) is 11.7. The van der Waals surface area contributed by atoms with Crippen LogP contribution in [0, 0.1) is 46.3 Å². The molecule has 0 aromatic carbocycles. The van der Waals surface area contributed by atoms with Crippen molar-refractivity contribution in [3.63, 3.8) is 0 Å². The van der Waals surface area contributed by atoms with Gasteiger partial charge in [0.1, 0.15) is 0 Å². The van der Waals surface area contributed by atoms with Crippen LogP contribution >= 0.6 is 11.6 Å². The summed E-state index contributed by atoms with van der Waals surface area (Å²) in [5.41, 5.74) is 0.270. The van der Waals surface area contributed by atoms with E-state index in [0.717, 1.165) is 38.0 Å². The van der Waals surface area contributed by atoms with E-state index in [1.165, 1.54) is 25.7 Å². The molecule has 0 heterocycles. The van der Waals surface area contributed by atoms with E-state index >= 15 is 0 Å². The highest BCUT2D eigenvalue weighted by Gasteiger charge is 2.63. The lowest BCUT2D eigenvalue weighted by Gasteiger charge is -2.62. The number of hydrogen-bond acceptors (Lipinski definition) is 3. The number of fused-ring (bicyclic) bond motifs is 5. The third kappa shape index (κ3) is 3.19. The maximum absolute atomic E-state index is 11.5. The number of hydrogen-bond donors (Lipinski definition) is 2. The largest absolute Gasteiger partial charge is 0.393 e. The summed E-state index contributed by atoms with van der Waals surface area (Å²) in [4.78, 5) is 11.3. The Morgan fingerprint density at radius 1 is 1.07 bits per heavy atom. The van der Waals surface area contributed by atoms with Crippen LogP contribution in [-0.4, -0.2) is 27.7 Å². The minimum atomic E-state index is -0.247. The fraction of sp³-hybridized carbons (Fsp3) is 0.958. The van der Waals surface area contributed by atoms with Crippen LogP contribution in [-0.2, 0) is 4.79 Å². The van der Waals surface area contributed by atoms with Crippen LogP contribution < -0.4 is 0 Å². The van der Waals surface area contributed by atoms with Gasteiger partial charge in [0.25, 0.3) is 0 Å². The van der Waals surface area contributed by atoms with Crippen LogP contribution in [0.4, 0.5) is 0 Å². The Labute approximate surface area is 175 Å². The maximum atomic E-state index is 11.5. The Balaban J connectivity index is 1.56. The second-order valence-electron chi connectivity index (χ2n) is 11.3. The van der Waals surface area contributed by atoms with Gasteiger partial charge >= 0.3 is 0 Å². The molecule has 4 heteroatoms. The quantitative estimate of drug-likeness (QED) is 0.629. The molecule has 0 amide bonds. The first-order chi connectivity index (χ1) is 13.2. The van der Waals surface area contributed by atoms with Gasteiger partial charge in [0, 0.05) is 6.42 Å². The zero-order chi connectivity index (χ0) is 20.3. The van der Waals surface area contributed by atoms with E-state index in [2.05, 4.69) is 20.8 Å². The number of halogens is 1. The summed E-state index contributed by atoms with van der Waals surface area (Å²) < 4.78 is 0. The highest BCUT2D eigenvalue weighted by Crippen LogP contribution is 2.68. The second kappa shape index (κ2) is 7.54. The molecule has 4 fully saturated rings. The molecule has 2 N–H and O–H groups in total. The average Bonchev–Trinajstić information content (AvgIpc) is 3.00. The Kier molecular flexibility index (Phi) is 5.69.